The van der Waals surface area contributed by atoms with Crippen LogP contribution < -0.4 is 4.74 Å². The average molecular weight is 342 g/mol. The first-order chi connectivity index (χ1) is 11.7. The van der Waals surface area contributed by atoms with Gasteiger partial charge in [0.1, 0.15) is 5.75 Å². The van der Waals surface area contributed by atoms with Crippen molar-refractivity contribution in [2.24, 2.45) is 0 Å². The Morgan fingerprint density at radius 2 is 1.96 bits per heavy atom. The maximum Gasteiger partial charge on any atom is 0.307 e. The molecule has 0 aliphatic carbocycles. The molecule has 0 aliphatic heterocycles. The van der Waals surface area contributed by atoms with E-state index in [4.69, 9.17) is 9.84 Å². The second-order valence-corrected chi connectivity index (χ2v) is 6.41. The molecule has 0 unspecified atom stereocenters. The van der Waals surface area contributed by atoms with E-state index < -0.39 is 5.97 Å². The lowest BCUT2D eigenvalue weighted by atomic mass is 10.1. The Balaban J connectivity index is 1.39. The molecular formula is C18H18N2O3S. The Morgan fingerprint density at radius 3 is 2.71 bits per heavy atom. The number of hydrogen-bond acceptors (Lipinski definition) is 4. The van der Waals surface area contributed by atoms with Crippen molar-refractivity contribution in [3.05, 3.63) is 54.1 Å². The molecule has 24 heavy (non-hydrogen) atoms. The van der Waals surface area contributed by atoms with Crippen LogP contribution >= 0.6 is 11.8 Å². The van der Waals surface area contributed by atoms with Crippen molar-refractivity contribution in [1.82, 2.24) is 9.97 Å². The summed E-state index contributed by atoms with van der Waals surface area (Å²) in [5.74, 6) is 0.848. The Bertz CT molecular complexity index is 782. The summed E-state index contributed by atoms with van der Waals surface area (Å²) in [5.41, 5.74) is 2.81. The van der Waals surface area contributed by atoms with Crippen molar-refractivity contribution in [2.45, 2.75) is 18.0 Å². The number of aliphatic carboxylic acids is 1. The van der Waals surface area contributed by atoms with Gasteiger partial charge in [-0.1, -0.05) is 36.0 Å². The number of carboxylic acid groups (broad SMARTS) is 1. The molecule has 5 nitrogen and oxygen atoms in total. The average Bonchev–Trinajstić information content (AvgIpc) is 2.98. The first-order valence-electron chi connectivity index (χ1n) is 7.72. The summed E-state index contributed by atoms with van der Waals surface area (Å²) in [6.45, 7) is 0.617. The fourth-order valence-electron chi connectivity index (χ4n) is 2.29. The molecule has 0 bridgehead atoms. The van der Waals surface area contributed by atoms with E-state index in [1.807, 2.05) is 36.4 Å². The van der Waals surface area contributed by atoms with E-state index in [0.29, 0.717) is 6.61 Å². The van der Waals surface area contributed by atoms with Crippen LogP contribution in [0.5, 0.6) is 5.75 Å². The number of carbonyl (C=O) groups is 1. The minimum absolute atomic E-state index is 0.0361. The topological polar surface area (TPSA) is 75.2 Å². The third kappa shape index (κ3) is 4.52. The third-order valence-corrected chi connectivity index (χ3v) is 4.40. The summed E-state index contributed by atoms with van der Waals surface area (Å²) in [4.78, 5) is 18.4. The van der Waals surface area contributed by atoms with Gasteiger partial charge in [0, 0.05) is 5.75 Å². The molecule has 2 aromatic carbocycles. The fourth-order valence-corrected chi connectivity index (χ4v) is 3.09. The van der Waals surface area contributed by atoms with Crippen LogP contribution in [-0.4, -0.2) is 33.4 Å². The van der Waals surface area contributed by atoms with Crippen molar-refractivity contribution < 1.29 is 14.6 Å². The zero-order chi connectivity index (χ0) is 16.8. The van der Waals surface area contributed by atoms with Crippen LogP contribution in [-0.2, 0) is 11.2 Å². The SMILES string of the molecule is O=C(O)Cc1ccc(OCCCSc2nc3ccccc3[nH]2)cc1. The third-order valence-electron chi connectivity index (χ3n) is 3.44. The number of ether oxygens (including phenoxy) is 1. The highest BCUT2D eigenvalue weighted by atomic mass is 32.2. The zero-order valence-corrected chi connectivity index (χ0v) is 13.9. The lowest BCUT2D eigenvalue weighted by Crippen LogP contribution is -2.01. The molecule has 0 amide bonds. The van der Waals surface area contributed by atoms with Crippen LogP contribution in [0.2, 0.25) is 0 Å². The largest absolute Gasteiger partial charge is 0.494 e. The first-order valence-corrected chi connectivity index (χ1v) is 8.70. The number of H-pyrrole nitrogens is 1. The van der Waals surface area contributed by atoms with E-state index in [2.05, 4.69) is 9.97 Å². The van der Waals surface area contributed by atoms with Gasteiger partial charge >= 0.3 is 5.97 Å². The molecule has 124 valence electrons. The fraction of sp³-hybridized carbons (Fsp3) is 0.222. The molecule has 0 atom stereocenters. The highest BCUT2D eigenvalue weighted by molar-refractivity contribution is 7.99. The van der Waals surface area contributed by atoms with E-state index in [-0.39, 0.29) is 6.42 Å². The van der Waals surface area contributed by atoms with Gasteiger partial charge in [0.15, 0.2) is 5.16 Å². The maximum atomic E-state index is 10.6. The minimum atomic E-state index is -0.828. The van der Waals surface area contributed by atoms with Gasteiger partial charge in [0.2, 0.25) is 0 Å². The quantitative estimate of drug-likeness (QED) is 0.482. The van der Waals surface area contributed by atoms with Crippen molar-refractivity contribution >= 4 is 28.8 Å². The molecule has 0 saturated heterocycles. The molecule has 0 saturated carbocycles. The minimum Gasteiger partial charge on any atom is -0.494 e. The normalized spacial score (nSPS) is 10.8. The Labute approximate surface area is 144 Å². The van der Waals surface area contributed by atoms with Gasteiger partial charge in [-0.3, -0.25) is 4.79 Å². The molecule has 0 fully saturated rings. The Morgan fingerprint density at radius 1 is 1.17 bits per heavy atom. The summed E-state index contributed by atoms with van der Waals surface area (Å²) in [7, 11) is 0. The second-order valence-electron chi connectivity index (χ2n) is 5.32. The number of nitrogens with one attached hydrogen (secondary N) is 1. The van der Waals surface area contributed by atoms with Gasteiger partial charge < -0.3 is 14.8 Å². The van der Waals surface area contributed by atoms with Crippen LogP contribution in [0.3, 0.4) is 0 Å². The van der Waals surface area contributed by atoms with Crippen LogP contribution in [0.4, 0.5) is 0 Å². The number of fused-ring (bicyclic) bond motifs is 1. The van der Waals surface area contributed by atoms with Gasteiger partial charge in [-0.05, 0) is 36.2 Å². The predicted molar refractivity (Wildman–Crippen MR) is 94.7 cm³/mol. The summed E-state index contributed by atoms with van der Waals surface area (Å²) in [6.07, 6.45) is 0.938. The van der Waals surface area contributed by atoms with Gasteiger partial charge in [0.05, 0.1) is 24.1 Å². The maximum absolute atomic E-state index is 10.6. The lowest BCUT2D eigenvalue weighted by molar-refractivity contribution is -0.136. The summed E-state index contributed by atoms with van der Waals surface area (Å²) >= 11 is 1.68. The van der Waals surface area contributed by atoms with Gasteiger partial charge in [-0.2, -0.15) is 0 Å². The number of thioether (sulfide) groups is 1. The highest BCUT2D eigenvalue weighted by Crippen LogP contribution is 2.20. The van der Waals surface area contributed by atoms with Crippen molar-refractivity contribution in [3.8, 4) is 5.75 Å². The summed E-state index contributed by atoms with van der Waals surface area (Å²) in [5, 5.41) is 9.66. The molecule has 1 heterocycles. The van der Waals surface area contributed by atoms with Crippen LogP contribution in [0.1, 0.15) is 12.0 Å². The predicted octanol–water partition coefficient (Wildman–Crippen LogP) is 3.75. The molecule has 0 radical (unpaired) electrons. The number of nitrogens with zero attached hydrogens (tertiary/aromatic N) is 1. The number of para-hydroxylation sites is 2. The number of benzene rings is 2. The Hall–Kier alpha value is -2.47. The number of aromatic amines is 1. The molecule has 2 N–H and O–H groups in total. The van der Waals surface area contributed by atoms with E-state index >= 15 is 0 Å². The first kappa shape index (κ1) is 16.4. The molecule has 3 rings (SSSR count). The number of aromatic nitrogens is 2. The van der Waals surface area contributed by atoms with Gasteiger partial charge in [0.25, 0.3) is 0 Å². The van der Waals surface area contributed by atoms with Gasteiger partial charge in [-0.25, -0.2) is 4.98 Å². The summed E-state index contributed by atoms with van der Waals surface area (Å²) < 4.78 is 5.67. The van der Waals surface area contributed by atoms with E-state index in [0.717, 1.165) is 39.7 Å². The molecule has 3 aromatic rings. The second kappa shape index (κ2) is 7.88. The van der Waals surface area contributed by atoms with Crippen LogP contribution in [0, 0.1) is 0 Å². The standard InChI is InChI=1S/C18H18N2O3S/c21-17(22)12-13-6-8-14(9-7-13)23-10-3-11-24-18-19-15-4-1-2-5-16(15)20-18/h1-2,4-9H,3,10-12H2,(H,19,20)(H,21,22). The highest BCUT2D eigenvalue weighted by Gasteiger charge is 2.03. The number of rotatable bonds is 8. The van der Waals surface area contributed by atoms with E-state index in [1.165, 1.54) is 0 Å². The number of imidazole rings is 1. The number of hydrogen-bond donors (Lipinski definition) is 2. The van der Waals surface area contributed by atoms with Gasteiger partial charge in [-0.15, -0.1) is 0 Å². The Kier molecular flexibility index (Phi) is 5.38. The molecule has 6 heteroatoms. The molecule has 1 aromatic heterocycles. The zero-order valence-electron chi connectivity index (χ0n) is 13.1. The molecule has 0 spiro atoms. The van der Waals surface area contributed by atoms with Crippen LogP contribution in [0.15, 0.2) is 53.7 Å². The van der Waals surface area contributed by atoms with Crippen molar-refractivity contribution in [1.29, 1.82) is 0 Å². The van der Waals surface area contributed by atoms with E-state index in [9.17, 15) is 4.79 Å². The number of carboxylic acids is 1. The smallest absolute Gasteiger partial charge is 0.307 e. The van der Waals surface area contributed by atoms with Crippen LogP contribution in [0.25, 0.3) is 11.0 Å². The molecule has 0 aliphatic rings. The van der Waals surface area contributed by atoms with Crippen molar-refractivity contribution in [2.75, 3.05) is 12.4 Å². The van der Waals surface area contributed by atoms with Crippen molar-refractivity contribution in [3.63, 3.8) is 0 Å². The monoisotopic (exact) mass is 342 g/mol. The van der Waals surface area contributed by atoms with E-state index in [1.54, 1.807) is 23.9 Å². The molecular weight excluding hydrogens is 324 g/mol. The summed E-state index contributed by atoms with van der Waals surface area (Å²) in [6, 6.07) is 15.2. The lowest BCUT2D eigenvalue weighted by Gasteiger charge is -2.06.